The fraction of sp³-hybridized carbons (Fsp3) is 0.333. The van der Waals surface area contributed by atoms with Gasteiger partial charge in [-0.15, -0.1) is 4.65 Å². The van der Waals surface area contributed by atoms with Gasteiger partial charge in [0.2, 0.25) is 0 Å². The van der Waals surface area contributed by atoms with Gasteiger partial charge >= 0.3 is 11.9 Å². The first-order chi connectivity index (χ1) is 10.1. The summed E-state index contributed by atoms with van der Waals surface area (Å²) in [6.45, 7) is 5.43. The zero-order valence-corrected chi connectivity index (χ0v) is 14.2. The summed E-state index contributed by atoms with van der Waals surface area (Å²) in [6.07, 6.45) is 0. The van der Waals surface area contributed by atoms with Gasteiger partial charge < -0.3 is 4.74 Å². The Morgan fingerprint density at radius 1 is 1.27 bits per heavy atom. The van der Waals surface area contributed by atoms with Gasteiger partial charge in [0, 0.05) is 10.6 Å². The average Bonchev–Trinajstić information content (AvgIpc) is 2.37. The Morgan fingerprint density at radius 2 is 1.91 bits per heavy atom. The van der Waals surface area contributed by atoms with Crippen LogP contribution in [0.4, 0.5) is 0 Å². The van der Waals surface area contributed by atoms with Crippen molar-refractivity contribution in [3.8, 4) is 0 Å². The maximum Gasteiger partial charge on any atom is 0.398 e. The topological polar surface area (TPSA) is 52.6 Å². The van der Waals surface area contributed by atoms with Crippen molar-refractivity contribution in [1.82, 2.24) is 0 Å². The van der Waals surface area contributed by atoms with E-state index in [-0.39, 0.29) is 28.4 Å². The molecule has 0 atom stereocenters. The molecule has 0 saturated carbocycles. The van der Waals surface area contributed by atoms with E-state index in [2.05, 4.69) is 6.58 Å². The molecular formula is C15H18Cl2NO4+. The van der Waals surface area contributed by atoms with E-state index in [9.17, 15) is 9.59 Å². The molecule has 22 heavy (non-hydrogen) atoms. The van der Waals surface area contributed by atoms with Crippen molar-refractivity contribution in [3.63, 3.8) is 0 Å². The van der Waals surface area contributed by atoms with E-state index >= 15 is 0 Å². The van der Waals surface area contributed by atoms with Gasteiger partial charge in [0.1, 0.15) is 20.7 Å². The average molecular weight is 347 g/mol. The molecule has 0 spiro atoms. The highest BCUT2D eigenvalue weighted by Crippen LogP contribution is 2.22. The van der Waals surface area contributed by atoms with Crippen LogP contribution in [0.5, 0.6) is 0 Å². The van der Waals surface area contributed by atoms with E-state index in [0.717, 1.165) is 0 Å². The number of quaternary nitrogens is 1. The van der Waals surface area contributed by atoms with Crippen LogP contribution in [0.2, 0.25) is 10.0 Å². The highest BCUT2D eigenvalue weighted by atomic mass is 35.5. The summed E-state index contributed by atoms with van der Waals surface area (Å²) in [5.74, 6) is -1.06. The monoisotopic (exact) mass is 346 g/mol. The Labute approximate surface area is 139 Å². The van der Waals surface area contributed by atoms with Crippen LogP contribution in [-0.4, -0.2) is 43.8 Å². The number of hydroxylamine groups is 3. The standard InChI is InChI=1S/C15H18Cl2NO4/c1-10(2)14(19)21-8-7-18(3,4)22-15(20)12-6-5-11(16)9-13(12)17/h5-6,9H,1,7-8H2,2-4H3/q+1. The van der Waals surface area contributed by atoms with Gasteiger partial charge in [0.15, 0.2) is 6.54 Å². The molecule has 7 heteroatoms. The van der Waals surface area contributed by atoms with Gasteiger partial charge in [-0.1, -0.05) is 29.8 Å². The highest BCUT2D eigenvalue weighted by Gasteiger charge is 2.25. The maximum absolute atomic E-state index is 12.1. The van der Waals surface area contributed by atoms with Crippen LogP contribution in [-0.2, 0) is 14.4 Å². The number of likely N-dealkylation sites (N-methyl/N-ethyl adjacent to an activating group) is 1. The molecule has 0 aromatic heterocycles. The van der Waals surface area contributed by atoms with Gasteiger partial charge in [0.25, 0.3) is 0 Å². The summed E-state index contributed by atoms with van der Waals surface area (Å²) in [5.41, 5.74) is 0.534. The first kappa shape index (κ1) is 18.5. The SMILES string of the molecule is C=C(C)C(=O)OCC[N+](C)(C)OC(=O)c1ccc(Cl)cc1Cl. The molecular weight excluding hydrogens is 329 g/mol. The molecule has 0 fully saturated rings. The van der Waals surface area contributed by atoms with Gasteiger partial charge in [-0.25, -0.2) is 9.59 Å². The number of rotatable bonds is 6. The van der Waals surface area contributed by atoms with Crippen LogP contribution in [0.25, 0.3) is 0 Å². The maximum atomic E-state index is 12.1. The predicted molar refractivity (Wildman–Crippen MR) is 84.6 cm³/mol. The molecule has 0 unspecified atom stereocenters. The quantitative estimate of drug-likeness (QED) is 0.343. The van der Waals surface area contributed by atoms with Gasteiger partial charge in [-0.05, 0) is 25.1 Å². The van der Waals surface area contributed by atoms with E-state index < -0.39 is 11.9 Å². The predicted octanol–water partition coefficient (Wildman–Crippen LogP) is 3.26. The number of ether oxygens (including phenoxy) is 1. The number of benzene rings is 1. The first-order valence-corrected chi connectivity index (χ1v) is 7.22. The van der Waals surface area contributed by atoms with Crippen molar-refractivity contribution in [2.24, 2.45) is 0 Å². The van der Waals surface area contributed by atoms with E-state index in [4.69, 9.17) is 32.8 Å². The van der Waals surface area contributed by atoms with Crippen molar-refractivity contribution in [2.75, 3.05) is 27.2 Å². The van der Waals surface area contributed by atoms with Crippen molar-refractivity contribution in [1.29, 1.82) is 0 Å². The van der Waals surface area contributed by atoms with Crippen LogP contribution in [0, 0.1) is 0 Å². The number of carbonyl (C=O) groups excluding carboxylic acids is 2. The number of esters is 1. The molecule has 0 aliphatic carbocycles. The summed E-state index contributed by atoms with van der Waals surface area (Å²) >= 11 is 11.7. The molecule has 0 saturated heterocycles. The van der Waals surface area contributed by atoms with E-state index in [1.807, 2.05) is 0 Å². The highest BCUT2D eigenvalue weighted by molar-refractivity contribution is 6.36. The number of carbonyl (C=O) groups is 2. The minimum absolute atomic E-state index is 0.0975. The Morgan fingerprint density at radius 3 is 2.45 bits per heavy atom. The lowest BCUT2D eigenvalue weighted by Gasteiger charge is -2.25. The molecule has 120 valence electrons. The van der Waals surface area contributed by atoms with Crippen LogP contribution >= 0.6 is 23.2 Å². The Balaban J connectivity index is 2.61. The third-order valence-corrected chi connectivity index (χ3v) is 3.24. The number of nitrogens with zero attached hydrogens (tertiary/aromatic N) is 1. The summed E-state index contributed by atoms with van der Waals surface area (Å²) in [5, 5.41) is 0.646. The Hall–Kier alpha value is -1.56. The Bertz CT molecular complexity index is 599. The molecule has 5 nitrogen and oxygen atoms in total. The summed E-state index contributed by atoms with van der Waals surface area (Å²) < 4.78 is 4.85. The normalized spacial score (nSPS) is 11.0. The zero-order chi connectivity index (χ0) is 16.9. The fourth-order valence-corrected chi connectivity index (χ4v) is 1.94. The van der Waals surface area contributed by atoms with Crippen LogP contribution in [0.3, 0.4) is 0 Å². The second-order valence-corrected chi connectivity index (χ2v) is 6.06. The molecule has 1 aromatic carbocycles. The number of hydrogen-bond acceptors (Lipinski definition) is 4. The lowest BCUT2D eigenvalue weighted by atomic mass is 10.2. The fourth-order valence-electron chi connectivity index (χ4n) is 1.46. The lowest BCUT2D eigenvalue weighted by Crippen LogP contribution is -2.44. The zero-order valence-electron chi connectivity index (χ0n) is 12.7. The smallest absolute Gasteiger partial charge is 0.398 e. The van der Waals surface area contributed by atoms with Crippen molar-refractivity contribution >= 4 is 35.1 Å². The molecule has 0 bridgehead atoms. The second kappa shape index (κ2) is 7.63. The Kier molecular flexibility index (Phi) is 6.41. The summed E-state index contributed by atoms with van der Waals surface area (Å²) in [6, 6.07) is 4.51. The lowest BCUT2D eigenvalue weighted by molar-refractivity contribution is -1.06. The van der Waals surface area contributed by atoms with E-state index in [1.165, 1.54) is 12.1 Å². The molecule has 0 N–H and O–H groups in total. The van der Waals surface area contributed by atoms with Gasteiger partial charge in [0.05, 0.1) is 10.6 Å². The first-order valence-electron chi connectivity index (χ1n) is 6.47. The van der Waals surface area contributed by atoms with Crippen LogP contribution in [0.15, 0.2) is 30.4 Å². The molecule has 0 aliphatic heterocycles. The number of halogens is 2. The van der Waals surface area contributed by atoms with Crippen LogP contribution < -0.4 is 0 Å². The van der Waals surface area contributed by atoms with Crippen molar-refractivity contribution < 1.29 is 23.8 Å². The van der Waals surface area contributed by atoms with Crippen LogP contribution in [0.1, 0.15) is 17.3 Å². The van der Waals surface area contributed by atoms with Gasteiger partial charge in [-0.2, -0.15) is 0 Å². The third kappa shape index (κ3) is 5.67. The summed E-state index contributed by atoms with van der Waals surface area (Å²) in [7, 11) is 3.33. The van der Waals surface area contributed by atoms with E-state index in [0.29, 0.717) is 10.6 Å². The molecule has 0 aliphatic rings. The molecule has 0 amide bonds. The molecule has 0 radical (unpaired) electrons. The second-order valence-electron chi connectivity index (χ2n) is 5.22. The molecule has 0 heterocycles. The molecule has 1 aromatic rings. The third-order valence-electron chi connectivity index (χ3n) is 2.69. The number of hydrogen-bond donors (Lipinski definition) is 0. The minimum atomic E-state index is -0.585. The minimum Gasteiger partial charge on any atom is -0.456 e. The largest absolute Gasteiger partial charge is 0.456 e. The van der Waals surface area contributed by atoms with E-state index in [1.54, 1.807) is 27.1 Å². The molecule has 1 rings (SSSR count). The van der Waals surface area contributed by atoms with Crippen molar-refractivity contribution in [3.05, 3.63) is 46.0 Å². The van der Waals surface area contributed by atoms with Crippen molar-refractivity contribution in [2.45, 2.75) is 6.92 Å². The summed E-state index contributed by atoms with van der Waals surface area (Å²) in [4.78, 5) is 28.7. The van der Waals surface area contributed by atoms with Gasteiger partial charge in [-0.3, -0.25) is 4.84 Å².